The van der Waals surface area contributed by atoms with Gasteiger partial charge in [0.15, 0.2) is 0 Å². The normalized spacial score (nSPS) is 26.9. The Morgan fingerprint density at radius 1 is 0.778 bits per heavy atom. The quantitative estimate of drug-likeness (QED) is 0.619. The van der Waals surface area contributed by atoms with Crippen LogP contribution in [0.5, 0.6) is 0 Å². The Balaban J connectivity index is 1.92. The highest BCUT2D eigenvalue weighted by atomic mass is 14.3. The molecule has 3 aliphatic carbocycles. The zero-order chi connectivity index (χ0) is 11.9. The summed E-state index contributed by atoms with van der Waals surface area (Å²) in [5, 5.41) is 0. The van der Waals surface area contributed by atoms with E-state index in [0.29, 0.717) is 11.8 Å². The van der Waals surface area contributed by atoms with Crippen LogP contribution >= 0.6 is 0 Å². The second-order valence-corrected chi connectivity index (χ2v) is 5.04. The molecule has 0 aromatic heterocycles. The maximum absolute atomic E-state index is 2.33. The van der Waals surface area contributed by atoms with Gasteiger partial charge in [-0.25, -0.2) is 0 Å². The molecular formula is C18H14. The summed E-state index contributed by atoms with van der Waals surface area (Å²) in [6, 6.07) is 8.75. The van der Waals surface area contributed by atoms with Crippen molar-refractivity contribution in [3.8, 4) is 0 Å². The van der Waals surface area contributed by atoms with Gasteiger partial charge in [-0.1, -0.05) is 72.9 Å². The van der Waals surface area contributed by atoms with E-state index in [1.165, 1.54) is 22.3 Å². The third kappa shape index (κ3) is 1.32. The highest BCUT2D eigenvalue weighted by Gasteiger charge is 2.31. The Morgan fingerprint density at radius 2 is 1.67 bits per heavy atom. The molecule has 0 heterocycles. The maximum atomic E-state index is 2.33. The highest BCUT2D eigenvalue weighted by molar-refractivity contribution is 5.67. The average Bonchev–Trinajstić information content (AvgIpc) is 2.46. The van der Waals surface area contributed by atoms with Gasteiger partial charge >= 0.3 is 0 Å². The molecule has 0 saturated carbocycles. The maximum Gasteiger partial charge on any atom is 0.0199 e. The molecule has 0 amide bonds. The SMILES string of the molecule is C1=CC2=CC=C3C=Cc4ccccc4C3[C@H]2C=C1. The van der Waals surface area contributed by atoms with Crippen LogP contribution in [0.4, 0.5) is 0 Å². The molecule has 86 valence electrons. The van der Waals surface area contributed by atoms with Crippen LogP contribution in [-0.2, 0) is 0 Å². The number of hydrogen-bond acceptors (Lipinski definition) is 0. The topological polar surface area (TPSA) is 0 Å². The molecule has 0 spiro atoms. The van der Waals surface area contributed by atoms with Crippen molar-refractivity contribution in [1.82, 2.24) is 0 Å². The van der Waals surface area contributed by atoms with Gasteiger partial charge in [-0.05, 0) is 22.3 Å². The first-order chi connectivity index (χ1) is 8.93. The fourth-order valence-electron chi connectivity index (χ4n) is 3.21. The van der Waals surface area contributed by atoms with Crippen LogP contribution in [0.25, 0.3) is 6.08 Å². The van der Waals surface area contributed by atoms with Gasteiger partial charge in [0.1, 0.15) is 0 Å². The van der Waals surface area contributed by atoms with Crippen molar-refractivity contribution < 1.29 is 0 Å². The lowest BCUT2D eigenvalue weighted by atomic mass is 9.69. The van der Waals surface area contributed by atoms with Crippen molar-refractivity contribution in [2.24, 2.45) is 5.92 Å². The molecule has 0 heteroatoms. The van der Waals surface area contributed by atoms with Crippen LogP contribution < -0.4 is 0 Å². The standard InChI is InChI=1S/C18H14/c1-3-7-16-13(5-1)9-11-15-12-10-14-6-2-4-8-17(14)18(15)16/h1-12,16,18H/t16-,18?/m0/s1. The van der Waals surface area contributed by atoms with Crippen LogP contribution in [0.1, 0.15) is 17.0 Å². The first-order valence-electron chi connectivity index (χ1n) is 6.47. The van der Waals surface area contributed by atoms with Crippen LogP contribution in [0, 0.1) is 5.92 Å². The van der Waals surface area contributed by atoms with E-state index >= 15 is 0 Å². The zero-order valence-electron chi connectivity index (χ0n) is 10.1. The lowest BCUT2D eigenvalue weighted by Gasteiger charge is -2.34. The molecule has 18 heavy (non-hydrogen) atoms. The van der Waals surface area contributed by atoms with Gasteiger partial charge in [0.05, 0.1) is 0 Å². The summed E-state index contributed by atoms with van der Waals surface area (Å²) < 4.78 is 0. The highest BCUT2D eigenvalue weighted by Crippen LogP contribution is 2.45. The van der Waals surface area contributed by atoms with Gasteiger partial charge in [-0.15, -0.1) is 0 Å². The van der Waals surface area contributed by atoms with E-state index in [1.54, 1.807) is 0 Å². The predicted molar refractivity (Wildman–Crippen MR) is 76.2 cm³/mol. The van der Waals surface area contributed by atoms with E-state index in [-0.39, 0.29) is 0 Å². The molecule has 0 aliphatic heterocycles. The molecule has 0 bridgehead atoms. The van der Waals surface area contributed by atoms with Crippen molar-refractivity contribution in [3.05, 3.63) is 89.1 Å². The zero-order valence-corrected chi connectivity index (χ0v) is 10.1. The number of hydrogen-bond donors (Lipinski definition) is 0. The second-order valence-electron chi connectivity index (χ2n) is 5.04. The Labute approximate surface area is 107 Å². The smallest absolute Gasteiger partial charge is 0.0199 e. The Hall–Kier alpha value is -2.08. The molecule has 0 fully saturated rings. The molecule has 0 radical (unpaired) electrons. The Kier molecular flexibility index (Phi) is 2.04. The summed E-state index contributed by atoms with van der Waals surface area (Å²) in [5.74, 6) is 0.994. The number of allylic oxidation sites excluding steroid dienone is 9. The first kappa shape index (κ1) is 9.90. The molecule has 1 aromatic rings. The second kappa shape index (κ2) is 3.71. The summed E-state index contributed by atoms with van der Waals surface area (Å²) in [6.45, 7) is 0. The van der Waals surface area contributed by atoms with Crippen LogP contribution in [0.15, 0.2) is 77.9 Å². The number of benzene rings is 1. The van der Waals surface area contributed by atoms with Gasteiger partial charge in [-0.3, -0.25) is 0 Å². The van der Waals surface area contributed by atoms with E-state index in [2.05, 4.69) is 72.9 Å². The molecule has 2 atom stereocenters. The van der Waals surface area contributed by atoms with Gasteiger partial charge in [-0.2, -0.15) is 0 Å². The van der Waals surface area contributed by atoms with Gasteiger partial charge in [0.2, 0.25) is 0 Å². The molecule has 1 unspecified atom stereocenters. The first-order valence-corrected chi connectivity index (χ1v) is 6.47. The van der Waals surface area contributed by atoms with Crippen LogP contribution in [0.3, 0.4) is 0 Å². The molecule has 0 nitrogen and oxygen atoms in total. The van der Waals surface area contributed by atoms with E-state index in [4.69, 9.17) is 0 Å². The van der Waals surface area contributed by atoms with E-state index < -0.39 is 0 Å². The van der Waals surface area contributed by atoms with Crippen molar-refractivity contribution in [3.63, 3.8) is 0 Å². The van der Waals surface area contributed by atoms with Crippen LogP contribution in [0.2, 0.25) is 0 Å². The van der Waals surface area contributed by atoms with Crippen LogP contribution in [-0.4, -0.2) is 0 Å². The molecule has 1 aromatic carbocycles. The summed E-state index contributed by atoms with van der Waals surface area (Å²) in [5.41, 5.74) is 5.68. The molecule has 3 aliphatic rings. The number of rotatable bonds is 0. The third-order valence-corrected chi connectivity index (χ3v) is 4.08. The molecule has 4 rings (SSSR count). The van der Waals surface area contributed by atoms with E-state index in [0.717, 1.165) is 0 Å². The lowest BCUT2D eigenvalue weighted by Crippen LogP contribution is -2.20. The fourth-order valence-corrected chi connectivity index (χ4v) is 3.21. The molecule has 0 saturated heterocycles. The molecular weight excluding hydrogens is 216 g/mol. The largest absolute Gasteiger partial charge is 0.0761 e. The monoisotopic (exact) mass is 230 g/mol. The fraction of sp³-hybridized carbons (Fsp3) is 0.111. The van der Waals surface area contributed by atoms with Crippen molar-refractivity contribution >= 4 is 6.08 Å². The summed E-state index contributed by atoms with van der Waals surface area (Å²) in [7, 11) is 0. The van der Waals surface area contributed by atoms with E-state index in [9.17, 15) is 0 Å². The predicted octanol–water partition coefficient (Wildman–Crippen LogP) is 4.41. The average molecular weight is 230 g/mol. The van der Waals surface area contributed by atoms with E-state index in [1.807, 2.05) is 0 Å². The summed E-state index contributed by atoms with van der Waals surface area (Å²) >= 11 is 0. The van der Waals surface area contributed by atoms with Crippen molar-refractivity contribution in [2.45, 2.75) is 5.92 Å². The minimum absolute atomic E-state index is 0.493. The lowest BCUT2D eigenvalue weighted by molar-refractivity contribution is 0.645. The van der Waals surface area contributed by atoms with Crippen molar-refractivity contribution in [2.75, 3.05) is 0 Å². The number of fused-ring (bicyclic) bond motifs is 5. The van der Waals surface area contributed by atoms with Gasteiger partial charge < -0.3 is 0 Å². The van der Waals surface area contributed by atoms with Crippen molar-refractivity contribution in [1.29, 1.82) is 0 Å². The minimum Gasteiger partial charge on any atom is -0.0761 e. The van der Waals surface area contributed by atoms with Gasteiger partial charge in [0, 0.05) is 11.8 Å². The van der Waals surface area contributed by atoms with Gasteiger partial charge in [0.25, 0.3) is 0 Å². The Bertz CT molecular complexity index is 650. The molecule has 0 N–H and O–H groups in total. The Morgan fingerprint density at radius 3 is 2.67 bits per heavy atom. The summed E-state index contributed by atoms with van der Waals surface area (Å²) in [6.07, 6.45) is 17.9. The third-order valence-electron chi connectivity index (χ3n) is 4.08. The summed E-state index contributed by atoms with van der Waals surface area (Å²) in [4.78, 5) is 0. The minimum atomic E-state index is 0.493.